The molecule has 1 saturated heterocycles. The first-order valence-corrected chi connectivity index (χ1v) is 22.9. The first-order valence-electron chi connectivity index (χ1n) is 22.9. The number of hydrogen-bond donors (Lipinski definition) is 9. The van der Waals surface area contributed by atoms with E-state index in [-0.39, 0.29) is 12.0 Å². The molecule has 0 bridgehead atoms. The van der Waals surface area contributed by atoms with Crippen molar-refractivity contribution in [3.63, 3.8) is 0 Å². The second-order valence-electron chi connectivity index (χ2n) is 19.6. The summed E-state index contributed by atoms with van der Waals surface area (Å²) >= 11 is 0. The highest BCUT2D eigenvalue weighted by molar-refractivity contribution is 5.87. The third kappa shape index (κ3) is 11.0. The molecule has 9 N–H and O–H groups in total. The molecule has 0 radical (unpaired) electrons. The molecule has 18 atom stereocenters. The number of aliphatic hydroxyl groups excluding tert-OH is 8. The molecule has 4 fully saturated rings. The summed E-state index contributed by atoms with van der Waals surface area (Å²) < 4.78 is 26.7. The molecule has 17 heteroatoms. The molecule has 356 valence electrons. The molecule has 0 aromatic rings. The van der Waals surface area contributed by atoms with E-state index < -0.39 is 105 Å². The van der Waals surface area contributed by atoms with Crippen molar-refractivity contribution in [2.45, 2.75) is 179 Å². The molecule has 3 saturated carbocycles. The maximum Gasteiger partial charge on any atom is 0.508 e. The van der Waals surface area contributed by atoms with Crippen LogP contribution in [0, 0.1) is 46.3 Å². The van der Waals surface area contributed by atoms with Gasteiger partial charge in [-0.1, -0.05) is 65.5 Å². The Labute approximate surface area is 365 Å². The number of allylic oxidation sites excluding steroid dienone is 1. The topological polar surface area (TPSA) is 271 Å². The molecule has 1 heterocycles. The fourth-order valence-electron chi connectivity index (χ4n) is 11.9. The Hall–Kier alpha value is -2.45. The van der Waals surface area contributed by atoms with E-state index in [1.54, 1.807) is 0 Å². The molecule has 62 heavy (non-hydrogen) atoms. The van der Waals surface area contributed by atoms with E-state index in [4.69, 9.17) is 23.7 Å². The van der Waals surface area contributed by atoms with Crippen molar-refractivity contribution in [1.82, 2.24) is 5.32 Å². The molecule has 4 aliphatic carbocycles. The Morgan fingerprint density at radius 1 is 0.919 bits per heavy atom. The zero-order valence-electron chi connectivity index (χ0n) is 37.3. The summed E-state index contributed by atoms with van der Waals surface area (Å²) in [7, 11) is 0. The summed E-state index contributed by atoms with van der Waals surface area (Å²) in [6, 6.07) is -1.67. The molecular weight excluding hydrogens is 810 g/mol. The normalized spacial score (nSPS) is 37.3. The third-order valence-electron chi connectivity index (χ3n) is 15.4. The lowest BCUT2D eigenvalue weighted by molar-refractivity contribution is -0.326. The minimum Gasteiger partial charge on any atom is -0.464 e. The van der Waals surface area contributed by atoms with Crippen molar-refractivity contribution >= 4 is 18.0 Å². The number of aliphatic hydroxyl groups is 8. The van der Waals surface area contributed by atoms with Gasteiger partial charge in [0.05, 0.1) is 19.8 Å². The number of hydrogen-bond acceptors (Lipinski definition) is 16. The van der Waals surface area contributed by atoms with Gasteiger partial charge < -0.3 is 69.9 Å². The van der Waals surface area contributed by atoms with Gasteiger partial charge in [0.25, 0.3) is 5.91 Å². The summed E-state index contributed by atoms with van der Waals surface area (Å²) in [5, 5.41) is 83.9. The van der Waals surface area contributed by atoms with Crippen LogP contribution in [0.1, 0.15) is 112 Å². The van der Waals surface area contributed by atoms with Crippen molar-refractivity contribution < 1.29 is 78.9 Å². The molecule has 0 aromatic carbocycles. The fraction of sp³-hybridized carbons (Fsp3) is 0.889. The minimum absolute atomic E-state index is 0.0196. The number of rotatable bonds is 19. The highest BCUT2D eigenvalue weighted by atomic mass is 16.7. The summed E-state index contributed by atoms with van der Waals surface area (Å²) in [6.07, 6.45) is -4.93. The van der Waals surface area contributed by atoms with Crippen LogP contribution in [-0.2, 0) is 33.3 Å². The van der Waals surface area contributed by atoms with Gasteiger partial charge in [-0.25, -0.2) is 9.59 Å². The first-order chi connectivity index (χ1) is 29.3. The first kappa shape index (κ1) is 50.5. The monoisotopic (exact) mass is 886 g/mol. The number of fused-ring (bicyclic) bond motifs is 5. The van der Waals surface area contributed by atoms with Gasteiger partial charge in [0.15, 0.2) is 18.4 Å². The predicted molar refractivity (Wildman–Crippen MR) is 222 cm³/mol. The average molecular weight is 886 g/mol. The van der Waals surface area contributed by atoms with Crippen molar-refractivity contribution in [2.24, 2.45) is 46.3 Å². The standard InChI is InChI=1S/C45H75NO16/c1-7-58-41(56)31(46-40(55)37(53)36(52)39(32(49)20-47)62-42-38(54)35(51)34(50)33(21-48)61-42)22-59-43(57)60-26-15-17-44(5)25(19-26)11-12-27-29-14-13-28(24(4)10-8-9-23(2)3)45(29,6)18-16-30(27)44/h11,23-24,26-39,42,47-54H,7-10,12-22H2,1-6H3,(H,46,55)/t24-,26?,27+,28-,29+,30+,31+,32?,33?,34+,35?,36?,37?,38+,39?,42+,44+,45-/m1/s1. The van der Waals surface area contributed by atoms with Gasteiger partial charge in [0, 0.05) is 6.42 Å². The number of esters is 1. The largest absolute Gasteiger partial charge is 0.508 e. The van der Waals surface area contributed by atoms with Crippen LogP contribution < -0.4 is 5.32 Å². The lowest BCUT2D eigenvalue weighted by atomic mass is 9.47. The zero-order valence-corrected chi connectivity index (χ0v) is 37.3. The van der Waals surface area contributed by atoms with Gasteiger partial charge in [-0.05, 0) is 98.2 Å². The molecule has 5 rings (SSSR count). The highest BCUT2D eigenvalue weighted by Gasteiger charge is 2.59. The van der Waals surface area contributed by atoms with Crippen LogP contribution in [-0.4, -0.2) is 153 Å². The predicted octanol–water partition coefficient (Wildman–Crippen LogP) is 1.86. The van der Waals surface area contributed by atoms with E-state index in [9.17, 15) is 55.2 Å². The van der Waals surface area contributed by atoms with Crippen LogP contribution in [0.4, 0.5) is 4.79 Å². The molecule has 1 aliphatic heterocycles. The number of nitrogens with one attached hydrogen (secondary N) is 1. The lowest BCUT2D eigenvalue weighted by Crippen LogP contribution is -2.62. The van der Waals surface area contributed by atoms with Gasteiger partial charge >= 0.3 is 12.1 Å². The number of carbonyl (C=O) groups excluding carboxylic acids is 3. The van der Waals surface area contributed by atoms with Crippen molar-refractivity contribution in [2.75, 3.05) is 26.4 Å². The molecular formula is C45H75NO16. The molecule has 0 spiro atoms. The van der Waals surface area contributed by atoms with Crippen LogP contribution in [0.2, 0.25) is 0 Å². The smallest absolute Gasteiger partial charge is 0.464 e. The van der Waals surface area contributed by atoms with Gasteiger partial charge in [-0.3, -0.25) is 4.79 Å². The maximum atomic E-state index is 13.2. The molecule has 5 aliphatic rings. The van der Waals surface area contributed by atoms with E-state index in [0.29, 0.717) is 36.0 Å². The number of amides is 1. The summed E-state index contributed by atoms with van der Waals surface area (Å²) in [5.74, 6) is 1.75. The summed E-state index contributed by atoms with van der Waals surface area (Å²) in [4.78, 5) is 39.1. The Bertz CT molecular complexity index is 1530. The van der Waals surface area contributed by atoms with Crippen molar-refractivity contribution in [3.8, 4) is 0 Å². The Morgan fingerprint density at radius 2 is 1.65 bits per heavy atom. The highest BCUT2D eigenvalue weighted by Crippen LogP contribution is 2.67. The van der Waals surface area contributed by atoms with E-state index in [1.165, 1.54) is 57.4 Å². The van der Waals surface area contributed by atoms with Crippen molar-refractivity contribution in [1.29, 1.82) is 0 Å². The van der Waals surface area contributed by atoms with Crippen LogP contribution in [0.15, 0.2) is 11.6 Å². The quantitative estimate of drug-likeness (QED) is 0.0662. The van der Waals surface area contributed by atoms with E-state index >= 15 is 0 Å². The molecule has 1 amide bonds. The number of carbonyl (C=O) groups is 3. The molecule has 0 aromatic heterocycles. The Balaban J connectivity index is 1.16. The second kappa shape index (κ2) is 21.7. The third-order valence-corrected chi connectivity index (χ3v) is 15.4. The van der Waals surface area contributed by atoms with Gasteiger partial charge in [-0.2, -0.15) is 0 Å². The van der Waals surface area contributed by atoms with Gasteiger partial charge in [0.1, 0.15) is 55.4 Å². The van der Waals surface area contributed by atoms with Crippen LogP contribution in [0.5, 0.6) is 0 Å². The molecule has 7 unspecified atom stereocenters. The van der Waals surface area contributed by atoms with E-state index in [0.717, 1.165) is 30.6 Å². The van der Waals surface area contributed by atoms with Gasteiger partial charge in [-0.15, -0.1) is 0 Å². The summed E-state index contributed by atoms with van der Waals surface area (Å²) in [5.41, 5.74) is 1.71. The zero-order chi connectivity index (χ0) is 45.7. The van der Waals surface area contributed by atoms with Gasteiger partial charge in [0.2, 0.25) is 0 Å². The number of ether oxygens (including phenoxy) is 5. The van der Waals surface area contributed by atoms with E-state index in [1.807, 2.05) is 0 Å². The summed E-state index contributed by atoms with van der Waals surface area (Å²) in [6.45, 7) is 10.8. The lowest BCUT2D eigenvalue weighted by Gasteiger charge is -2.58. The SMILES string of the molecule is CCOC(=O)[C@H](COC(=O)OC1CC[C@@]2(C)C(=CC[C@H]3[C@@H]4CC[C@H]([C@H](C)CCCC(C)C)[C@@]4(C)CC[C@@H]32)C1)NC(=O)C(O)C(O)C(O[C@@H]1OC(CO)[C@H](O)C(O)[C@@H]1O)C(O)CO. The van der Waals surface area contributed by atoms with Crippen LogP contribution in [0.25, 0.3) is 0 Å². The minimum atomic E-state index is -2.47. The fourth-order valence-corrected chi connectivity index (χ4v) is 11.9. The van der Waals surface area contributed by atoms with E-state index in [2.05, 4.69) is 46.0 Å². The Kier molecular flexibility index (Phi) is 17.7. The Morgan fingerprint density at radius 3 is 2.31 bits per heavy atom. The maximum absolute atomic E-state index is 13.2. The van der Waals surface area contributed by atoms with Crippen LogP contribution in [0.3, 0.4) is 0 Å². The molecule has 17 nitrogen and oxygen atoms in total. The van der Waals surface area contributed by atoms with Crippen LogP contribution >= 0.6 is 0 Å². The van der Waals surface area contributed by atoms with Crippen molar-refractivity contribution in [3.05, 3.63) is 11.6 Å². The average Bonchev–Trinajstić information content (AvgIpc) is 3.60. The second-order valence-corrected chi connectivity index (χ2v) is 19.6.